The number of hydrogen-bond donors (Lipinski definition) is 2. The minimum atomic E-state index is -0.813. The first kappa shape index (κ1) is 18.2. The van der Waals surface area contributed by atoms with Gasteiger partial charge >= 0.3 is 0 Å². The molecule has 6 heteroatoms. The van der Waals surface area contributed by atoms with Gasteiger partial charge in [-0.2, -0.15) is 0 Å². The summed E-state index contributed by atoms with van der Waals surface area (Å²) in [5, 5.41) is 21.2. The van der Waals surface area contributed by atoms with E-state index >= 15 is 0 Å². The van der Waals surface area contributed by atoms with Gasteiger partial charge in [-0.15, -0.1) is 11.3 Å². The number of hydrogen-bond acceptors (Lipinski definition) is 5. The van der Waals surface area contributed by atoms with Gasteiger partial charge in [0.25, 0.3) is 0 Å². The molecule has 0 saturated carbocycles. The number of carbonyl (C=O) groups excluding carboxylic acids is 2. The molecule has 1 heterocycles. The summed E-state index contributed by atoms with van der Waals surface area (Å²) < 4.78 is 0. The number of aromatic hydroxyl groups is 1. The van der Waals surface area contributed by atoms with E-state index in [0.29, 0.717) is 18.4 Å². The van der Waals surface area contributed by atoms with Crippen molar-refractivity contribution >= 4 is 23.0 Å². The van der Waals surface area contributed by atoms with E-state index < -0.39 is 6.10 Å². The van der Waals surface area contributed by atoms with Gasteiger partial charge in [0.2, 0.25) is 5.91 Å². The second kappa shape index (κ2) is 8.61. The fourth-order valence-electron chi connectivity index (χ4n) is 2.31. The second-order valence-corrected chi connectivity index (χ2v) is 6.58. The zero-order chi connectivity index (χ0) is 17.5. The fraction of sp³-hybridized carbons (Fsp3) is 0.333. The number of rotatable bonds is 8. The van der Waals surface area contributed by atoms with Crippen LogP contribution < -0.4 is 0 Å². The first-order chi connectivity index (χ1) is 11.5. The summed E-state index contributed by atoms with van der Waals surface area (Å²) in [5.74, 6) is 0.0853. The van der Waals surface area contributed by atoms with Crippen LogP contribution in [-0.4, -0.2) is 40.4 Å². The molecule has 0 saturated heterocycles. The number of benzene rings is 1. The average molecular weight is 347 g/mol. The predicted octanol–water partition coefficient (Wildman–Crippen LogP) is 3.00. The number of Topliss-reactive ketones (excluding diaryl/α,β-unsaturated/α-hetero) is 1. The number of ketones is 1. The number of phenolic OH excluding ortho intramolecular Hbond substituents is 1. The minimum absolute atomic E-state index is 0.0598. The van der Waals surface area contributed by atoms with Gasteiger partial charge in [-0.1, -0.05) is 18.2 Å². The monoisotopic (exact) mass is 347 g/mol. The number of likely N-dealkylation sites (N-methyl/N-ethyl adjacent to an activating group) is 1. The maximum atomic E-state index is 12.1. The predicted molar refractivity (Wildman–Crippen MR) is 93.2 cm³/mol. The van der Waals surface area contributed by atoms with E-state index in [4.69, 9.17) is 0 Å². The summed E-state index contributed by atoms with van der Waals surface area (Å²) >= 11 is 1.41. The molecule has 1 atom stereocenters. The lowest BCUT2D eigenvalue weighted by molar-refractivity contribution is -0.131. The largest absolute Gasteiger partial charge is 0.508 e. The highest BCUT2D eigenvalue weighted by Crippen LogP contribution is 2.18. The number of carbonyl (C=O) groups is 2. The van der Waals surface area contributed by atoms with Crippen LogP contribution in [0.25, 0.3) is 0 Å². The van der Waals surface area contributed by atoms with Crippen molar-refractivity contribution in [2.75, 3.05) is 13.6 Å². The molecule has 0 aliphatic rings. The number of aliphatic hydroxyl groups is 1. The molecule has 128 valence electrons. The van der Waals surface area contributed by atoms with Crippen LogP contribution in [0.3, 0.4) is 0 Å². The summed E-state index contributed by atoms with van der Waals surface area (Å²) in [7, 11) is 1.63. The molecule has 0 radical (unpaired) electrons. The van der Waals surface area contributed by atoms with Crippen molar-refractivity contribution in [2.45, 2.75) is 25.4 Å². The van der Waals surface area contributed by atoms with Gasteiger partial charge in [-0.25, -0.2) is 0 Å². The lowest BCUT2D eigenvalue weighted by Gasteiger charge is -2.21. The maximum absolute atomic E-state index is 12.1. The number of thiophene rings is 1. The lowest BCUT2D eigenvalue weighted by atomic mass is 10.1. The van der Waals surface area contributed by atoms with Gasteiger partial charge in [0.1, 0.15) is 5.75 Å². The summed E-state index contributed by atoms with van der Waals surface area (Å²) in [6, 6.07) is 9.86. The van der Waals surface area contributed by atoms with Gasteiger partial charge in [0.05, 0.1) is 17.5 Å². The maximum Gasteiger partial charge on any atom is 0.222 e. The van der Waals surface area contributed by atoms with Crippen molar-refractivity contribution in [3.05, 3.63) is 52.2 Å². The van der Waals surface area contributed by atoms with Crippen LogP contribution >= 0.6 is 11.3 Å². The van der Waals surface area contributed by atoms with Crippen molar-refractivity contribution in [1.82, 2.24) is 4.90 Å². The highest BCUT2D eigenvalue weighted by molar-refractivity contribution is 7.12. The molecule has 2 aromatic rings. The number of phenols is 1. The van der Waals surface area contributed by atoms with Gasteiger partial charge in [0, 0.05) is 19.9 Å². The Morgan fingerprint density at radius 2 is 1.88 bits per heavy atom. The average Bonchev–Trinajstić information content (AvgIpc) is 3.09. The summed E-state index contributed by atoms with van der Waals surface area (Å²) in [5.41, 5.74) is 0.639. The van der Waals surface area contributed by atoms with Gasteiger partial charge < -0.3 is 15.1 Å². The van der Waals surface area contributed by atoms with Crippen LogP contribution in [0.5, 0.6) is 5.75 Å². The van der Waals surface area contributed by atoms with Crippen molar-refractivity contribution in [2.24, 2.45) is 0 Å². The molecule has 1 amide bonds. The molecule has 1 aromatic heterocycles. The fourth-order valence-corrected chi connectivity index (χ4v) is 3.01. The van der Waals surface area contributed by atoms with Crippen molar-refractivity contribution < 1.29 is 19.8 Å². The molecule has 0 fully saturated rings. The zero-order valence-corrected chi connectivity index (χ0v) is 14.3. The van der Waals surface area contributed by atoms with E-state index in [-0.39, 0.29) is 30.4 Å². The highest BCUT2D eigenvalue weighted by Gasteiger charge is 2.16. The Hall–Kier alpha value is -2.18. The van der Waals surface area contributed by atoms with E-state index in [9.17, 15) is 19.8 Å². The van der Waals surface area contributed by atoms with E-state index in [1.807, 2.05) is 11.4 Å². The summed E-state index contributed by atoms with van der Waals surface area (Å²) in [6.07, 6.45) is 0.304. The van der Waals surface area contributed by atoms with Crippen molar-refractivity contribution in [3.63, 3.8) is 0 Å². The molecule has 1 unspecified atom stereocenters. The summed E-state index contributed by atoms with van der Waals surface area (Å²) in [4.78, 5) is 26.2. The summed E-state index contributed by atoms with van der Waals surface area (Å²) in [6.45, 7) is 0.169. The van der Waals surface area contributed by atoms with E-state index in [1.165, 1.54) is 28.4 Å². The van der Waals surface area contributed by atoms with Crippen molar-refractivity contribution in [1.29, 1.82) is 0 Å². The molecule has 5 nitrogen and oxygen atoms in total. The van der Waals surface area contributed by atoms with Gasteiger partial charge in [0.15, 0.2) is 5.78 Å². The molecule has 24 heavy (non-hydrogen) atoms. The molecule has 0 spiro atoms. The molecule has 0 aliphatic heterocycles. The Morgan fingerprint density at radius 3 is 2.50 bits per heavy atom. The number of nitrogens with zero attached hydrogens (tertiary/aromatic N) is 1. The molecule has 0 bridgehead atoms. The normalized spacial score (nSPS) is 11.9. The molecule has 0 aliphatic carbocycles. The Morgan fingerprint density at radius 1 is 1.17 bits per heavy atom. The van der Waals surface area contributed by atoms with Gasteiger partial charge in [-0.05, 0) is 35.6 Å². The third-order valence-electron chi connectivity index (χ3n) is 3.74. The van der Waals surface area contributed by atoms with Crippen molar-refractivity contribution in [3.8, 4) is 5.75 Å². The van der Waals surface area contributed by atoms with Gasteiger partial charge in [-0.3, -0.25) is 9.59 Å². The lowest BCUT2D eigenvalue weighted by Crippen LogP contribution is -2.31. The highest BCUT2D eigenvalue weighted by atomic mass is 32.1. The third kappa shape index (κ3) is 5.18. The topological polar surface area (TPSA) is 77.8 Å². The molecule has 2 rings (SSSR count). The third-order valence-corrected chi connectivity index (χ3v) is 4.65. The standard InChI is InChI=1S/C18H21NO4S/c1-19(12-16(22)13-7-9-14(20)10-8-13)18(23)6-2-4-15(21)17-5-3-11-24-17/h3,5,7-11,16,20,22H,2,4,6,12H2,1H3. The van der Waals surface area contributed by atoms with E-state index in [2.05, 4.69) is 0 Å². The smallest absolute Gasteiger partial charge is 0.222 e. The minimum Gasteiger partial charge on any atom is -0.508 e. The van der Waals surface area contributed by atoms with Crippen LogP contribution in [0.4, 0.5) is 0 Å². The SMILES string of the molecule is CN(CC(O)c1ccc(O)cc1)C(=O)CCCC(=O)c1cccs1. The molecule has 1 aromatic carbocycles. The van der Waals surface area contributed by atoms with Crippen LogP contribution in [0.15, 0.2) is 41.8 Å². The van der Waals surface area contributed by atoms with Crippen LogP contribution in [0, 0.1) is 0 Å². The Balaban J connectivity index is 1.75. The zero-order valence-electron chi connectivity index (χ0n) is 13.5. The Bertz CT molecular complexity index is 667. The first-order valence-corrected chi connectivity index (χ1v) is 8.63. The van der Waals surface area contributed by atoms with Crippen LogP contribution in [-0.2, 0) is 4.79 Å². The van der Waals surface area contributed by atoms with Crippen LogP contribution in [0.2, 0.25) is 0 Å². The number of amides is 1. The van der Waals surface area contributed by atoms with E-state index in [1.54, 1.807) is 25.2 Å². The van der Waals surface area contributed by atoms with E-state index in [0.717, 1.165) is 4.88 Å². The van der Waals surface area contributed by atoms with Crippen LogP contribution in [0.1, 0.15) is 40.6 Å². The first-order valence-electron chi connectivity index (χ1n) is 7.75. The Labute approximate surface area is 145 Å². The quantitative estimate of drug-likeness (QED) is 0.720. The molecular formula is C18H21NO4S. The second-order valence-electron chi connectivity index (χ2n) is 5.64. The Kier molecular flexibility index (Phi) is 6.52. The number of aliphatic hydroxyl groups excluding tert-OH is 1. The molecular weight excluding hydrogens is 326 g/mol. The molecule has 2 N–H and O–H groups in total.